The first kappa shape index (κ1) is 21.8. The predicted octanol–water partition coefficient (Wildman–Crippen LogP) is 3.62. The van der Waals surface area contributed by atoms with Gasteiger partial charge in [-0.15, -0.1) is 0 Å². The Morgan fingerprint density at radius 3 is 2.85 bits per heavy atom. The molecule has 0 spiro atoms. The molecule has 0 bridgehead atoms. The summed E-state index contributed by atoms with van der Waals surface area (Å²) in [4.78, 5) is 31.0. The fraction of sp³-hybridized carbons (Fsp3) is 0.280. The first-order valence-electron chi connectivity index (χ1n) is 11.2. The maximum Gasteiger partial charge on any atom is 0.222 e. The lowest BCUT2D eigenvalue weighted by atomic mass is 10.0. The average Bonchev–Trinajstić information content (AvgIpc) is 3.48. The number of nitrogens with one attached hydrogen (secondary N) is 2. The van der Waals surface area contributed by atoms with E-state index in [0.717, 1.165) is 58.6 Å². The summed E-state index contributed by atoms with van der Waals surface area (Å²) in [5.41, 5.74) is 5.89. The SMILES string of the molecule is COc1ccc(-c2c(-c3ccnc(NC(C)=O)c3)[nH]c3cc(N4CCC[C@@H]4CO)cnc23)nc1. The second-order valence-electron chi connectivity index (χ2n) is 8.33. The summed E-state index contributed by atoms with van der Waals surface area (Å²) >= 11 is 0. The fourth-order valence-corrected chi connectivity index (χ4v) is 4.54. The Bertz CT molecular complexity index is 1330. The zero-order valence-corrected chi connectivity index (χ0v) is 19.1. The Morgan fingerprint density at radius 1 is 1.24 bits per heavy atom. The average molecular weight is 459 g/mol. The zero-order chi connectivity index (χ0) is 23.7. The lowest BCUT2D eigenvalue weighted by Gasteiger charge is -2.24. The fourth-order valence-electron chi connectivity index (χ4n) is 4.54. The number of hydrogen-bond donors (Lipinski definition) is 3. The Labute approximate surface area is 196 Å². The van der Waals surface area contributed by atoms with Gasteiger partial charge in [0.05, 0.1) is 65.8 Å². The molecule has 0 aliphatic carbocycles. The number of aliphatic hydroxyl groups is 1. The molecule has 5 heterocycles. The number of aromatic nitrogens is 4. The van der Waals surface area contributed by atoms with Crippen LogP contribution in [-0.4, -0.2) is 57.3 Å². The number of aliphatic hydroxyl groups excluding tert-OH is 1. The zero-order valence-electron chi connectivity index (χ0n) is 19.1. The van der Waals surface area contributed by atoms with Gasteiger partial charge in [-0.1, -0.05) is 0 Å². The van der Waals surface area contributed by atoms with Crippen LogP contribution in [0.4, 0.5) is 11.5 Å². The van der Waals surface area contributed by atoms with E-state index < -0.39 is 0 Å². The quantitative estimate of drug-likeness (QED) is 0.404. The maximum atomic E-state index is 11.6. The summed E-state index contributed by atoms with van der Waals surface area (Å²) in [6.07, 6.45) is 7.21. The summed E-state index contributed by atoms with van der Waals surface area (Å²) in [7, 11) is 1.61. The van der Waals surface area contributed by atoms with Crippen LogP contribution in [0.3, 0.4) is 0 Å². The van der Waals surface area contributed by atoms with Gasteiger partial charge < -0.3 is 25.0 Å². The highest BCUT2D eigenvalue weighted by atomic mass is 16.5. The van der Waals surface area contributed by atoms with Crippen molar-refractivity contribution in [3.63, 3.8) is 0 Å². The minimum absolute atomic E-state index is 0.108. The third-order valence-electron chi connectivity index (χ3n) is 6.12. The van der Waals surface area contributed by atoms with Crippen molar-refractivity contribution < 1.29 is 14.6 Å². The molecule has 0 aromatic carbocycles. The molecule has 0 radical (unpaired) electrons. The number of methoxy groups -OCH3 is 1. The molecule has 1 fully saturated rings. The molecule has 1 aliphatic heterocycles. The molecule has 9 nitrogen and oxygen atoms in total. The van der Waals surface area contributed by atoms with Crippen LogP contribution < -0.4 is 15.0 Å². The summed E-state index contributed by atoms with van der Waals surface area (Å²) in [6.45, 7) is 2.47. The monoisotopic (exact) mass is 458 g/mol. The molecular weight excluding hydrogens is 432 g/mol. The maximum absolute atomic E-state index is 11.6. The van der Waals surface area contributed by atoms with Crippen LogP contribution >= 0.6 is 0 Å². The summed E-state index contributed by atoms with van der Waals surface area (Å²) < 4.78 is 5.27. The number of aromatic amines is 1. The summed E-state index contributed by atoms with van der Waals surface area (Å²) in [6, 6.07) is 9.65. The highest BCUT2D eigenvalue weighted by Crippen LogP contribution is 2.39. The van der Waals surface area contributed by atoms with Gasteiger partial charge in [-0.2, -0.15) is 0 Å². The highest BCUT2D eigenvalue weighted by molar-refractivity contribution is 6.02. The van der Waals surface area contributed by atoms with Gasteiger partial charge in [0.2, 0.25) is 5.91 Å². The molecule has 1 saturated heterocycles. The van der Waals surface area contributed by atoms with Crippen LogP contribution in [0.2, 0.25) is 0 Å². The van der Waals surface area contributed by atoms with Crippen molar-refractivity contribution in [3.8, 4) is 28.3 Å². The van der Waals surface area contributed by atoms with Gasteiger partial charge in [0.25, 0.3) is 0 Å². The number of carbonyl (C=O) groups excluding carboxylic acids is 1. The minimum Gasteiger partial charge on any atom is -0.495 e. The minimum atomic E-state index is -0.186. The summed E-state index contributed by atoms with van der Waals surface area (Å²) in [5.74, 6) is 0.948. The van der Waals surface area contributed by atoms with Gasteiger partial charge >= 0.3 is 0 Å². The molecule has 1 atom stereocenters. The van der Waals surface area contributed by atoms with Gasteiger partial charge in [-0.3, -0.25) is 14.8 Å². The smallest absolute Gasteiger partial charge is 0.222 e. The van der Waals surface area contributed by atoms with Crippen molar-refractivity contribution >= 4 is 28.4 Å². The molecule has 4 aromatic heterocycles. The van der Waals surface area contributed by atoms with E-state index in [1.165, 1.54) is 6.92 Å². The van der Waals surface area contributed by atoms with Gasteiger partial charge in [0.1, 0.15) is 11.6 Å². The van der Waals surface area contributed by atoms with E-state index in [2.05, 4.69) is 31.2 Å². The lowest BCUT2D eigenvalue weighted by molar-refractivity contribution is -0.114. The van der Waals surface area contributed by atoms with E-state index >= 15 is 0 Å². The van der Waals surface area contributed by atoms with Gasteiger partial charge in [-0.25, -0.2) is 4.98 Å². The van der Waals surface area contributed by atoms with Crippen molar-refractivity contribution in [1.82, 2.24) is 19.9 Å². The normalized spacial score (nSPS) is 15.6. The number of H-pyrrole nitrogens is 1. The Kier molecular flexibility index (Phi) is 5.85. The Morgan fingerprint density at radius 2 is 2.12 bits per heavy atom. The van der Waals surface area contributed by atoms with E-state index in [-0.39, 0.29) is 18.6 Å². The van der Waals surface area contributed by atoms with Crippen molar-refractivity contribution in [2.45, 2.75) is 25.8 Å². The third-order valence-corrected chi connectivity index (χ3v) is 6.12. The van der Waals surface area contributed by atoms with Crippen molar-refractivity contribution in [3.05, 3.63) is 48.9 Å². The molecule has 174 valence electrons. The molecule has 9 heteroatoms. The van der Waals surface area contributed by atoms with E-state index in [0.29, 0.717) is 11.6 Å². The molecule has 1 amide bonds. The Hall–Kier alpha value is -3.98. The number of fused-ring (bicyclic) bond motifs is 1. The second kappa shape index (κ2) is 9.11. The number of carbonyl (C=O) groups is 1. The molecule has 4 aromatic rings. The number of rotatable bonds is 6. The number of ether oxygens (including phenoxy) is 1. The van der Waals surface area contributed by atoms with E-state index in [1.54, 1.807) is 19.5 Å². The standard InChI is InChI=1S/C25H26N6O3/c1-15(33)29-22-10-16(7-8-26-22)24-23(20-6-5-19(34-2)13-27-20)25-21(30-24)11-18(12-28-25)31-9-3-4-17(31)14-32/h5-8,10-13,17,30,32H,3-4,9,14H2,1-2H3,(H,26,29,33)/t17-/m1/s1. The first-order valence-corrected chi connectivity index (χ1v) is 11.2. The largest absolute Gasteiger partial charge is 0.495 e. The van der Waals surface area contributed by atoms with E-state index in [4.69, 9.17) is 9.72 Å². The topological polar surface area (TPSA) is 116 Å². The van der Waals surface area contributed by atoms with E-state index in [9.17, 15) is 9.90 Å². The molecule has 5 rings (SSSR count). The number of hydrogen-bond acceptors (Lipinski definition) is 7. The molecule has 1 aliphatic rings. The molecule has 34 heavy (non-hydrogen) atoms. The number of pyridine rings is 3. The molecular formula is C25H26N6O3. The molecule has 3 N–H and O–H groups in total. The Balaban J connectivity index is 1.67. The van der Waals surface area contributed by atoms with E-state index in [1.807, 2.05) is 30.5 Å². The van der Waals surface area contributed by atoms with Crippen LogP contribution in [0, 0.1) is 0 Å². The van der Waals surface area contributed by atoms with Crippen LogP contribution in [0.5, 0.6) is 5.75 Å². The van der Waals surface area contributed by atoms with Crippen LogP contribution in [0.25, 0.3) is 33.5 Å². The first-order chi connectivity index (χ1) is 16.6. The van der Waals surface area contributed by atoms with Crippen molar-refractivity contribution in [1.29, 1.82) is 0 Å². The number of anilines is 2. The van der Waals surface area contributed by atoms with Crippen LogP contribution in [0.15, 0.2) is 48.9 Å². The van der Waals surface area contributed by atoms with Crippen LogP contribution in [0.1, 0.15) is 19.8 Å². The third kappa shape index (κ3) is 4.06. The molecule has 0 unspecified atom stereocenters. The molecule has 0 saturated carbocycles. The highest BCUT2D eigenvalue weighted by Gasteiger charge is 2.25. The van der Waals surface area contributed by atoms with Gasteiger partial charge in [-0.05, 0) is 43.2 Å². The number of nitrogens with zero attached hydrogens (tertiary/aromatic N) is 4. The summed E-state index contributed by atoms with van der Waals surface area (Å²) in [5, 5.41) is 12.5. The van der Waals surface area contributed by atoms with Crippen LogP contribution in [-0.2, 0) is 4.79 Å². The van der Waals surface area contributed by atoms with Crippen molar-refractivity contribution in [2.75, 3.05) is 30.5 Å². The van der Waals surface area contributed by atoms with Crippen molar-refractivity contribution in [2.24, 2.45) is 0 Å². The van der Waals surface area contributed by atoms with Gasteiger partial charge in [0, 0.05) is 25.2 Å². The second-order valence-corrected chi connectivity index (χ2v) is 8.33. The number of amides is 1. The predicted molar refractivity (Wildman–Crippen MR) is 131 cm³/mol. The lowest BCUT2D eigenvalue weighted by Crippen LogP contribution is -2.32. The van der Waals surface area contributed by atoms with Gasteiger partial charge in [0.15, 0.2) is 0 Å².